The van der Waals surface area contributed by atoms with E-state index in [1.165, 1.54) is 0 Å². The number of aromatic nitrogens is 1. The normalized spacial score (nSPS) is 23.2. The first kappa shape index (κ1) is 22.0. The minimum Gasteiger partial charge on any atom is -0.378 e. The van der Waals surface area contributed by atoms with Gasteiger partial charge in [0.15, 0.2) is 0 Å². The van der Waals surface area contributed by atoms with Gasteiger partial charge in [0.05, 0.1) is 18.8 Å². The number of hydrogen-bond donors (Lipinski definition) is 1. The van der Waals surface area contributed by atoms with Crippen LogP contribution in [-0.2, 0) is 4.74 Å². The number of nitrogens with two attached hydrogens (primary N) is 1. The van der Waals surface area contributed by atoms with E-state index in [9.17, 15) is 4.79 Å². The number of halogens is 2. The van der Waals surface area contributed by atoms with E-state index in [0.717, 1.165) is 18.9 Å². The summed E-state index contributed by atoms with van der Waals surface area (Å²) in [6, 6.07) is 3.99. The third kappa shape index (κ3) is 4.97. The molecule has 2 N–H and O–H groups in total. The minimum atomic E-state index is 0. The van der Waals surface area contributed by atoms with Gasteiger partial charge < -0.3 is 20.3 Å². The van der Waals surface area contributed by atoms with Crippen LogP contribution in [0.2, 0.25) is 0 Å². The summed E-state index contributed by atoms with van der Waals surface area (Å²) in [6.45, 7) is 8.71. The van der Waals surface area contributed by atoms with Gasteiger partial charge in [-0.2, -0.15) is 0 Å². The van der Waals surface area contributed by atoms with Crippen molar-refractivity contribution in [2.45, 2.75) is 19.9 Å². The quantitative estimate of drug-likeness (QED) is 0.851. The molecule has 2 saturated heterocycles. The molecule has 0 saturated carbocycles. The van der Waals surface area contributed by atoms with Crippen molar-refractivity contribution in [2.24, 2.45) is 17.6 Å². The minimum absolute atomic E-state index is 0. The van der Waals surface area contributed by atoms with Crippen LogP contribution in [0.4, 0.5) is 5.82 Å². The third-order valence-corrected chi connectivity index (χ3v) is 4.89. The third-order valence-electron chi connectivity index (χ3n) is 4.89. The zero-order valence-electron chi connectivity index (χ0n) is 14.8. The summed E-state index contributed by atoms with van der Waals surface area (Å²) in [5, 5.41) is 0. The molecular weight excluding hydrogens is 363 g/mol. The number of carbonyl (C=O) groups is 1. The smallest absolute Gasteiger partial charge is 0.255 e. The zero-order chi connectivity index (χ0) is 16.4. The molecule has 0 aromatic carbocycles. The van der Waals surface area contributed by atoms with Crippen LogP contribution < -0.4 is 10.6 Å². The van der Waals surface area contributed by atoms with E-state index in [2.05, 4.69) is 23.7 Å². The number of rotatable bonds is 3. The summed E-state index contributed by atoms with van der Waals surface area (Å²) < 4.78 is 5.28. The van der Waals surface area contributed by atoms with Gasteiger partial charge in [-0.3, -0.25) is 4.79 Å². The number of pyridine rings is 1. The Bertz CT molecular complexity index is 550. The van der Waals surface area contributed by atoms with Crippen molar-refractivity contribution in [3.8, 4) is 0 Å². The van der Waals surface area contributed by atoms with Crippen LogP contribution in [0.25, 0.3) is 0 Å². The standard InChI is InChI=1S/C17H26N4O2.2ClH/c1-12(2)14-10-21(11-15(14)18)16-4-3-13(9-19-16)17(22)20-5-7-23-8-6-20;;/h3-4,9,12,14-15H,5-8,10-11,18H2,1-2H3;2*1H/t14-,15+;;/m1../s1. The maximum absolute atomic E-state index is 12.4. The van der Waals surface area contributed by atoms with Crippen LogP contribution in [0.3, 0.4) is 0 Å². The lowest BCUT2D eigenvalue weighted by atomic mass is 9.92. The molecule has 0 radical (unpaired) electrons. The fourth-order valence-electron chi connectivity index (χ4n) is 3.40. The summed E-state index contributed by atoms with van der Waals surface area (Å²) in [5.41, 5.74) is 6.88. The van der Waals surface area contributed by atoms with E-state index >= 15 is 0 Å². The highest BCUT2D eigenvalue weighted by molar-refractivity contribution is 5.94. The highest BCUT2D eigenvalue weighted by Gasteiger charge is 2.32. The molecule has 0 spiro atoms. The number of anilines is 1. The second-order valence-corrected chi connectivity index (χ2v) is 6.79. The molecule has 3 heterocycles. The lowest BCUT2D eigenvalue weighted by Crippen LogP contribution is -2.40. The van der Waals surface area contributed by atoms with Crippen LogP contribution in [-0.4, -0.2) is 61.2 Å². The molecule has 1 amide bonds. The molecule has 0 unspecified atom stereocenters. The van der Waals surface area contributed by atoms with Gasteiger partial charge in [-0.15, -0.1) is 24.8 Å². The molecular formula is C17H28Cl2N4O2. The summed E-state index contributed by atoms with van der Waals surface area (Å²) in [6.07, 6.45) is 1.68. The first-order chi connectivity index (χ1) is 11.1. The molecule has 1 aromatic rings. The Morgan fingerprint density at radius 2 is 1.92 bits per heavy atom. The molecule has 1 aromatic heterocycles. The fraction of sp³-hybridized carbons (Fsp3) is 0.647. The van der Waals surface area contributed by atoms with Crippen LogP contribution in [0.5, 0.6) is 0 Å². The van der Waals surface area contributed by atoms with Gasteiger partial charge in [0.25, 0.3) is 5.91 Å². The predicted octanol–water partition coefficient (Wildman–Crippen LogP) is 1.82. The number of ether oxygens (including phenoxy) is 1. The van der Waals surface area contributed by atoms with Crippen molar-refractivity contribution in [1.29, 1.82) is 0 Å². The van der Waals surface area contributed by atoms with Gasteiger partial charge in [-0.25, -0.2) is 4.98 Å². The van der Waals surface area contributed by atoms with Gasteiger partial charge in [-0.05, 0) is 24.0 Å². The van der Waals surface area contributed by atoms with Crippen LogP contribution in [0.15, 0.2) is 18.3 Å². The molecule has 2 fully saturated rings. The SMILES string of the molecule is CC(C)[C@H]1CN(c2ccc(C(=O)N3CCOCC3)cn2)C[C@@H]1N.Cl.Cl. The van der Waals surface area contributed by atoms with E-state index in [-0.39, 0.29) is 36.8 Å². The van der Waals surface area contributed by atoms with Gasteiger partial charge in [0, 0.05) is 38.4 Å². The lowest BCUT2D eigenvalue weighted by Gasteiger charge is -2.27. The summed E-state index contributed by atoms with van der Waals surface area (Å²) >= 11 is 0. The molecule has 142 valence electrons. The van der Waals surface area contributed by atoms with Crippen molar-refractivity contribution < 1.29 is 9.53 Å². The van der Waals surface area contributed by atoms with Gasteiger partial charge in [0.1, 0.15) is 5.82 Å². The molecule has 2 aliphatic rings. The van der Waals surface area contributed by atoms with E-state index in [4.69, 9.17) is 10.5 Å². The Balaban J connectivity index is 0.00000156. The monoisotopic (exact) mass is 390 g/mol. The van der Waals surface area contributed by atoms with E-state index in [1.807, 2.05) is 17.0 Å². The van der Waals surface area contributed by atoms with E-state index in [0.29, 0.717) is 43.7 Å². The second kappa shape index (κ2) is 9.57. The Morgan fingerprint density at radius 1 is 1.24 bits per heavy atom. The maximum atomic E-state index is 12.4. The number of nitrogens with zero attached hydrogens (tertiary/aromatic N) is 3. The number of amides is 1. The van der Waals surface area contributed by atoms with Crippen molar-refractivity contribution in [1.82, 2.24) is 9.88 Å². The molecule has 2 atom stereocenters. The number of hydrogen-bond acceptors (Lipinski definition) is 5. The summed E-state index contributed by atoms with van der Waals surface area (Å²) in [7, 11) is 0. The predicted molar refractivity (Wildman–Crippen MR) is 104 cm³/mol. The largest absolute Gasteiger partial charge is 0.378 e. The molecule has 25 heavy (non-hydrogen) atoms. The fourth-order valence-corrected chi connectivity index (χ4v) is 3.40. The van der Waals surface area contributed by atoms with Crippen LogP contribution in [0, 0.1) is 11.8 Å². The number of carbonyl (C=O) groups excluding carboxylic acids is 1. The lowest BCUT2D eigenvalue weighted by molar-refractivity contribution is 0.0302. The van der Waals surface area contributed by atoms with Gasteiger partial charge in [-0.1, -0.05) is 13.8 Å². The Kier molecular flexibility index (Phi) is 8.41. The van der Waals surface area contributed by atoms with E-state index < -0.39 is 0 Å². The average Bonchev–Trinajstić information content (AvgIpc) is 2.97. The Labute approximate surface area is 161 Å². The maximum Gasteiger partial charge on any atom is 0.255 e. The van der Waals surface area contributed by atoms with E-state index in [1.54, 1.807) is 6.20 Å². The molecule has 0 aliphatic carbocycles. The summed E-state index contributed by atoms with van der Waals surface area (Å²) in [4.78, 5) is 21.0. The highest BCUT2D eigenvalue weighted by Crippen LogP contribution is 2.26. The highest BCUT2D eigenvalue weighted by atomic mass is 35.5. The zero-order valence-corrected chi connectivity index (χ0v) is 16.4. The average molecular weight is 391 g/mol. The van der Waals surface area contributed by atoms with Gasteiger partial charge >= 0.3 is 0 Å². The molecule has 8 heteroatoms. The van der Waals surface area contributed by atoms with Crippen molar-refractivity contribution in [3.63, 3.8) is 0 Å². The molecule has 3 rings (SSSR count). The first-order valence-corrected chi connectivity index (χ1v) is 8.40. The molecule has 0 bridgehead atoms. The molecule has 2 aliphatic heterocycles. The van der Waals surface area contributed by atoms with Crippen molar-refractivity contribution >= 4 is 36.5 Å². The number of morpholine rings is 1. The van der Waals surface area contributed by atoms with Gasteiger partial charge in [0.2, 0.25) is 0 Å². The van der Waals surface area contributed by atoms with Crippen LogP contribution in [0.1, 0.15) is 24.2 Å². The molecule has 6 nitrogen and oxygen atoms in total. The topological polar surface area (TPSA) is 71.7 Å². The first-order valence-electron chi connectivity index (χ1n) is 8.40. The van der Waals surface area contributed by atoms with Crippen LogP contribution >= 0.6 is 24.8 Å². The Morgan fingerprint density at radius 3 is 2.44 bits per heavy atom. The second-order valence-electron chi connectivity index (χ2n) is 6.79. The Hall–Kier alpha value is -1.08. The van der Waals surface area contributed by atoms with Crippen molar-refractivity contribution in [2.75, 3.05) is 44.3 Å². The van der Waals surface area contributed by atoms with Crippen molar-refractivity contribution in [3.05, 3.63) is 23.9 Å². The summed E-state index contributed by atoms with van der Waals surface area (Å²) in [5.74, 6) is 2.00.